The van der Waals surface area contributed by atoms with Crippen molar-refractivity contribution in [1.29, 1.82) is 5.26 Å². The number of methoxy groups -OCH3 is 1. The number of hydrogen-bond acceptors (Lipinski definition) is 5. The summed E-state index contributed by atoms with van der Waals surface area (Å²) in [4.78, 5) is 11.1. The summed E-state index contributed by atoms with van der Waals surface area (Å²) in [7, 11) is 1.58. The van der Waals surface area contributed by atoms with E-state index in [4.69, 9.17) is 10.00 Å². The van der Waals surface area contributed by atoms with Crippen LogP contribution < -0.4 is 4.74 Å². The van der Waals surface area contributed by atoms with Crippen molar-refractivity contribution in [3.63, 3.8) is 0 Å². The number of nitro benzene ring substituents is 1. The van der Waals surface area contributed by atoms with Crippen molar-refractivity contribution < 1.29 is 9.66 Å². The van der Waals surface area contributed by atoms with Crippen LogP contribution in [0.15, 0.2) is 47.4 Å². The number of rotatable bonds is 5. The van der Waals surface area contributed by atoms with Gasteiger partial charge in [0.25, 0.3) is 5.69 Å². The molecular weight excluding hydrogens is 288 g/mol. The van der Waals surface area contributed by atoms with Gasteiger partial charge in [0.15, 0.2) is 0 Å². The van der Waals surface area contributed by atoms with Gasteiger partial charge < -0.3 is 4.74 Å². The van der Waals surface area contributed by atoms with Crippen LogP contribution in [0.4, 0.5) is 5.69 Å². The van der Waals surface area contributed by atoms with Crippen molar-refractivity contribution in [1.82, 2.24) is 0 Å². The fraction of sp³-hybridized carbons (Fsp3) is 0.133. The predicted molar refractivity (Wildman–Crippen MR) is 80.4 cm³/mol. The molecule has 0 N–H and O–H groups in total. The van der Waals surface area contributed by atoms with E-state index in [1.54, 1.807) is 37.4 Å². The SMILES string of the molecule is COc1ccc(C#N)cc1CSc1ccc([N+](=O)[O-])cc1. The summed E-state index contributed by atoms with van der Waals surface area (Å²) in [6.07, 6.45) is 0. The number of thioether (sulfide) groups is 1. The molecule has 0 atom stereocenters. The molecule has 0 unspecified atom stereocenters. The molecule has 0 aliphatic carbocycles. The topological polar surface area (TPSA) is 76.2 Å². The lowest BCUT2D eigenvalue weighted by atomic mass is 10.1. The first-order chi connectivity index (χ1) is 10.1. The second-order valence-electron chi connectivity index (χ2n) is 4.18. The van der Waals surface area contributed by atoms with Crippen molar-refractivity contribution in [2.75, 3.05) is 7.11 Å². The van der Waals surface area contributed by atoms with E-state index in [1.807, 2.05) is 0 Å². The summed E-state index contributed by atoms with van der Waals surface area (Å²) in [6, 6.07) is 13.7. The lowest BCUT2D eigenvalue weighted by Crippen LogP contribution is -1.92. The number of nitriles is 1. The molecule has 0 aromatic heterocycles. The molecule has 0 amide bonds. The molecule has 21 heavy (non-hydrogen) atoms. The molecule has 0 radical (unpaired) electrons. The summed E-state index contributed by atoms with van der Waals surface area (Å²) < 4.78 is 5.27. The Bertz CT molecular complexity index is 693. The number of benzene rings is 2. The molecule has 0 saturated carbocycles. The fourth-order valence-corrected chi connectivity index (χ4v) is 2.66. The minimum Gasteiger partial charge on any atom is -0.496 e. The highest BCUT2D eigenvalue weighted by Gasteiger charge is 2.07. The third-order valence-corrected chi connectivity index (χ3v) is 3.91. The summed E-state index contributed by atoms with van der Waals surface area (Å²) in [5.74, 6) is 1.35. The standard InChI is InChI=1S/C15H12N2O3S/c1-20-15-7-2-11(9-16)8-12(15)10-21-14-5-3-13(4-6-14)17(18)19/h2-8H,10H2,1H3. The normalized spacial score (nSPS) is 9.90. The second-order valence-corrected chi connectivity index (χ2v) is 5.23. The third-order valence-electron chi connectivity index (χ3n) is 2.85. The van der Waals surface area contributed by atoms with E-state index in [0.29, 0.717) is 11.3 Å². The Hall–Kier alpha value is -2.52. The van der Waals surface area contributed by atoms with E-state index in [-0.39, 0.29) is 5.69 Å². The van der Waals surface area contributed by atoms with E-state index >= 15 is 0 Å². The number of nitro groups is 1. The van der Waals surface area contributed by atoms with Gasteiger partial charge in [0.1, 0.15) is 5.75 Å². The van der Waals surface area contributed by atoms with Crippen LogP contribution in [0.5, 0.6) is 5.75 Å². The molecule has 2 aromatic rings. The number of nitrogens with zero attached hydrogens (tertiary/aromatic N) is 2. The van der Waals surface area contributed by atoms with Gasteiger partial charge in [0.2, 0.25) is 0 Å². The lowest BCUT2D eigenvalue weighted by Gasteiger charge is -2.08. The minimum absolute atomic E-state index is 0.0726. The Labute approximate surface area is 126 Å². The van der Waals surface area contributed by atoms with Gasteiger partial charge in [-0.1, -0.05) is 0 Å². The largest absolute Gasteiger partial charge is 0.496 e. The predicted octanol–water partition coefficient (Wildman–Crippen LogP) is 3.77. The minimum atomic E-state index is -0.423. The molecule has 0 spiro atoms. The number of non-ortho nitro benzene ring substituents is 1. The van der Waals surface area contributed by atoms with Crippen LogP contribution in [0.1, 0.15) is 11.1 Å². The van der Waals surface area contributed by atoms with Gasteiger partial charge in [-0.3, -0.25) is 10.1 Å². The highest BCUT2D eigenvalue weighted by atomic mass is 32.2. The molecule has 0 bridgehead atoms. The first-order valence-electron chi connectivity index (χ1n) is 6.08. The quantitative estimate of drug-likeness (QED) is 0.477. The fourth-order valence-electron chi connectivity index (χ4n) is 1.79. The molecule has 2 aromatic carbocycles. The third kappa shape index (κ3) is 3.74. The first-order valence-corrected chi connectivity index (χ1v) is 7.07. The van der Waals surface area contributed by atoms with Crippen LogP contribution in [-0.4, -0.2) is 12.0 Å². The van der Waals surface area contributed by atoms with Crippen molar-refractivity contribution in [3.8, 4) is 11.8 Å². The van der Waals surface area contributed by atoms with Gasteiger partial charge in [0, 0.05) is 28.3 Å². The van der Waals surface area contributed by atoms with Crippen LogP contribution in [0.25, 0.3) is 0 Å². The lowest BCUT2D eigenvalue weighted by molar-refractivity contribution is -0.384. The molecule has 106 valence electrons. The molecular formula is C15H12N2O3S. The van der Waals surface area contributed by atoms with Crippen molar-refractivity contribution in [2.45, 2.75) is 10.6 Å². The Morgan fingerprint density at radius 3 is 2.57 bits per heavy atom. The summed E-state index contributed by atoms with van der Waals surface area (Å²) in [5.41, 5.74) is 1.57. The Kier molecular flexibility index (Phi) is 4.80. The number of hydrogen-bond donors (Lipinski definition) is 0. The molecule has 0 saturated heterocycles. The Morgan fingerprint density at radius 2 is 2.00 bits per heavy atom. The highest BCUT2D eigenvalue weighted by Crippen LogP contribution is 2.29. The van der Waals surface area contributed by atoms with Gasteiger partial charge in [0.05, 0.1) is 23.7 Å². The van der Waals surface area contributed by atoms with Crippen LogP contribution in [-0.2, 0) is 5.75 Å². The van der Waals surface area contributed by atoms with Gasteiger partial charge in [-0.15, -0.1) is 11.8 Å². The van der Waals surface area contributed by atoms with Crippen molar-refractivity contribution in [3.05, 3.63) is 63.7 Å². The molecule has 5 nitrogen and oxygen atoms in total. The van der Waals surface area contributed by atoms with Crippen LogP contribution in [0.2, 0.25) is 0 Å². The van der Waals surface area contributed by atoms with Gasteiger partial charge in [-0.2, -0.15) is 5.26 Å². The first kappa shape index (κ1) is 14.9. The Balaban J connectivity index is 2.12. The van der Waals surface area contributed by atoms with Crippen LogP contribution >= 0.6 is 11.8 Å². The van der Waals surface area contributed by atoms with E-state index < -0.39 is 4.92 Å². The van der Waals surface area contributed by atoms with Crippen molar-refractivity contribution >= 4 is 17.4 Å². The smallest absolute Gasteiger partial charge is 0.269 e. The van der Waals surface area contributed by atoms with Gasteiger partial charge in [-0.25, -0.2) is 0 Å². The molecule has 0 aliphatic heterocycles. The molecule has 0 fully saturated rings. The summed E-state index contributed by atoms with van der Waals surface area (Å²) in [6.45, 7) is 0. The highest BCUT2D eigenvalue weighted by molar-refractivity contribution is 7.98. The van der Waals surface area contributed by atoms with E-state index in [2.05, 4.69) is 6.07 Å². The van der Waals surface area contributed by atoms with Crippen LogP contribution in [0.3, 0.4) is 0 Å². The maximum Gasteiger partial charge on any atom is 0.269 e. The Morgan fingerprint density at radius 1 is 1.29 bits per heavy atom. The molecule has 6 heteroatoms. The average molecular weight is 300 g/mol. The zero-order valence-corrected chi connectivity index (χ0v) is 12.1. The van der Waals surface area contributed by atoms with Crippen molar-refractivity contribution in [2.24, 2.45) is 0 Å². The summed E-state index contributed by atoms with van der Waals surface area (Å²) >= 11 is 1.53. The van der Waals surface area contributed by atoms with E-state index in [0.717, 1.165) is 16.2 Å². The monoisotopic (exact) mass is 300 g/mol. The van der Waals surface area contributed by atoms with E-state index in [9.17, 15) is 10.1 Å². The molecule has 0 aliphatic rings. The van der Waals surface area contributed by atoms with E-state index in [1.165, 1.54) is 23.9 Å². The zero-order valence-electron chi connectivity index (χ0n) is 11.3. The summed E-state index contributed by atoms with van der Waals surface area (Å²) in [5, 5.41) is 19.5. The molecule has 2 rings (SSSR count). The second kappa shape index (κ2) is 6.77. The maximum atomic E-state index is 10.6. The van der Waals surface area contributed by atoms with Gasteiger partial charge in [-0.05, 0) is 30.3 Å². The average Bonchev–Trinajstić information content (AvgIpc) is 2.52. The maximum absolute atomic E-state index is 10.6. The zero-order chi connectivity index (χ0) is 15.2. The molecule has 0 heterocycles. The van der Waals surface area contributed by atoms with Gasteiger partial charge >= 0.3 is 0 Å². The number of ether oxygens (including phenoxy) is 1. The van der Waals surface area contributed by atoms with Crippen LogP contribution in [0, 0.1) is 21.4 Å².